The maximum atomic E-state index is 13.3. The number of hydrogen-bond donors (Lipinski definition) is 2. The van der Waals surface area contributed by atoms with Gasteiger partial charge in [0.15, 0.2) is 0 Å². The van der Waals surface area contributed by atoms with Crippen LogP contribution in [-0.2, 0) is 17.8 Å². The molecule has 0 aliphatic heterocycles. The molecule has 2 saturated carbocycles. The Morgan fingerprint density at radius 3 is 2.74 bits per heavy atom. The molecule has 3 aromatic rings. The Morgan fingerprint density at radius 1 is 1.03 bits per heavy atom. The van der Waals surface area contributed by atoms with E-state index in [1.807, 2.05) is 35.1 Å². The van der Waals surface area contributed by atoms with Gasteiger partial charge in [-0.15, -0.1) is 5.10 Å². The summed E-state index contributed by atoms with van der Waals surface area (Å²) in [6.07, 6.45) is 12.7. The highest BCUT2D eigenvalue weighted by Gasteiger charge is 2.58. The van der Waals surface area contributed by atoms with Gasteiger partial charge in [0.25, 0.3) is 0 Å². The quantitative estimate of drug-likeness (QED) is 0.329. The van der Waals surface area contributed by atoms with Crippen LogP contribution in [0.3, 0.4) is 0 Å². The monoisotopic (exact) mass is 513 g/mol. The zero-order valence-corrected chi connectivity index (χ0v) is 22.4. The van der Waals surface area contributed by atoms with Crippen LogP contribution in [0.2, 0.25) is 0 Å². The van der Waals surface area contributed by atoms with Crippen molar-refractivity contribution in [2.45, 2.75) is 83.6 Å². The number of nitrogens with zero attached hydrogens (tertiary/aromatic N) is 3. The zero-order chi connectivity index (χ0) is 26.3. The van der Waals surface area contributed by atoms with E-state index in [4.69, 9.17) is 0 Å². The Hall–Kier alpha value is -3.15. The molecule has 1 heterocycles. The molecule has 2 N–H and O–H groups in total. The number of unbranched alkanes of at least 4 members (excludes halogenated alkanes) is 3. The molecule has 1 unspecified atom stereocenters. The van der Waals surface area contributed by atoms with Gasteiger partial charge in [-0.2, -0.15) is 0 Å². The molecule has 0 saturated heterocycles. The fraction of sp³-hybridized carbons (Fsp3) is 0.531. The molecular formula is C32H39N3O3. The van der Waals surface area contributed by atoms with Crippen LogP contribution in [0.1, 0.15) is 81.8 Å². The van der Waals surface area contributed by atoms with E-state index in [2.05, 4.69) is 23.3 Å². The van der Waals surface area contributed by atoms with Gasteiger partial charge in [0, 0.05) is 23.9 Å². The molecule has 6 heteroatoms. The van der Waals surface area contributed by atoms with Gasteiger partial charge in [-0.1, -0.05) is 49.6 Å². The van der Waals surface area contributed by atoms with Gasteiger partial charge in [-0.05, 0) is 97.6 Å². The van der Waals surface area contributed by atoms with Gasteiger partial charge >= 0.3 is 0 Å². The highest BCUT2D eigenvalue weighted by molar-refractivity contribution is 5.87. The summed E-state index contributed by atoms with van der Waals surface area (Å²) < 4.78 is 1.89. The Kier molecular flexibility index (Phi) is 6.75. The van der Waals surface area contributed by atoms with Crippen molar-refractivity contribution >= 4 is 5.78 Å². The summed E-state index contributed by atoms with van der Waals surface area (Å²) in [4.78, 5) is 13.3. The van der Waals surface area contributed by atoms with Crippen molar-refractivity contribution in [3.8, 4) is 22.8 Å². The normalized spacial score (nSPS) is 28.1. The van der Waals surface area contributed by atoms with Crippen LogP contribution in [0, 0.1) is 23.2 Å². The summed E-state index contributed by atoms with van der Waals surface area (Å²) in [5.41, 5.74) is 4.26. The number of aromatic nitrogens is 3. The lowest BCUT2D eigenvalue weighted by molar-refractivity contribution is -0.129. The zero-order valence-electron chi connectivity index (χ0n) is 22.4. The molecular weight excluding hydrogens is 474 g/mol. The molecule has 0 spiro atoms. The average molecular weight is 514 g/mol. The third-order valence-electron chi connectivity index (χ3n) is 9.95. The van der Waals surface area contributed by atoms with Crippen LogP contribution >= 0.6 is 0 Å². The second-order valence-corrected chi connectivity index (χ2v) is 12.2. The van der Waals surface area contributed by atoms with E-state index < -0.39 is 0 Å². The molecule has 200 valence electrons. The number of fused-ring (bicyclic) bond motifs is 5. The molecule has 2 aromatic carbocycles. The standard InChI is InChI=1S/C32H39N3O3/c1-32-15-14-27-26-13-11-25(37)17-21(26)10-12-28(27)31(32)23(19-30(32)38)7-4-2-3-5-16-35-20-29(33-34-35)22-8-6-9-24(36)18-22/h6,8-9,11,13,17-18,20,23,27-28,31,36-37H,2-5,7,10,12,14-16,19H2,1H3/t23-,27-,28-,31+,32?/m1/s1. The number of aryl methyl sites for hydroxylation is 2. The molecule has 2 fully saturated rings. The van der Waals surface area contributed by atoms with Gasteiger partial charge in [0.1, 0.15) is 23.0 Å². The van der Waals surface area contributed by atoms with Crippen molar-refractivity contribution < 1.29 is 15.0 Å². The largest absolute Gasteiger partial charge is 0.508 e. The van der Waals surface area contributed by atoms with Crippen LogP contribution in [0.25, 0.3) is 11.3 Å². The third-order valence-corrected chi connectivity index (χ3v) is 9.95. The van der Waals surface area contributed by atoms with E-state index in [1.54, 1.807) is 12.1 Å². The Labute approximate surface area is 225 Å². The highest BCUT2D eigenvalue weighted by atomic mass is 16.3. The Bertz CT molecular complexity index is 1320. The number of phenols is 2. The minimum absolute atomic E-state index is 0.138. The van der Waals surface area contributed by atoms with Crippen molar-refractivity contribution in [1.82, 2.24) is 15.0 Å². The molecule has 3 aliphatic rings. The topological polar surface area (TPSA) is 88.2 Å². The number of hydrogen-bond acceptors (Lipinski definition) is 5. The SMILES string of the molecule is CC12CC[C@@H]3c4ccc(O)cc4CC[C@H]3[C@@H]1[C@H](CCCCCCn1cc(-c3cccc(O)c3)nn1)CC2=O. The van der Waals surface area contributed by atoms with Crippen molar-refractivity contribution in [2.24, 2.45) is 23.2 Å². The van der Waals surface area contributed by atoms with Gasteiger partial charge in [0.05, 0.1) is 6.20 Å². The van der Waals surface area contributed by atoms with Crippen molar-refractivity contribution in [1.29, 1.82) is 0 Å². The van der Waals surface area contributed by atoms with Crippen molar-refractivity contribution in [2.75, 3.05) is 0 Å². The number of aromatic hydroxyl groups is 2. The molecule has 38 heavy (non-hydrogen) atoms. The first-order valence-electron chi connectivity index (χ1n) is 14.5. The summed E-state index contributed by atoms with van der Waals surface area (Å²) in [6, 6.07) is 13.1. The van der Waals surface area contributed by atoms with Crippen molar-refractivity contribution in [3.63, 3.8) is 0 Å². The van der Waals surface area contributed by atoms with Gasteiger partial charge in [-0.3, -0.25) is 9.48 Å². The van der Waals surface area contributed by atoms with Gasteiger partial charge in [0.2, 0.25) is 0 Å². The first-order valence-corrected chi connectivity index (χ1v) is 14.5. The minimum atomic E-state index is -0.138. The van der Waals surface area contributed by atoms with Crippen LogP contribution in [-0.4, -0.2) is 31.0 Å². The Morgan fingerprint density at radius 2 is 1.87 bits per heavy atom. The van der Waals surface area contributed by atoms with E-state index in [1.165, 1.54) is 24.0 Å². The molecule has 3 aliphatic carbocycles. The smallest absolute Gasteiger partial charge is 0.139 e. The number of carbonyl (C=O) groups is 1. The van der Waals surface area contributed by atoms with E-state index in [0.717, 1.165) is 69.2 Å². The maximum Gasteiger partial charge on any atom is 0.139 e. The first kappa shape index (κ1) is 25.1. The maximum absolute atomic E-state index is 13.3. The first-order chi connectivity index (χ1) is 18.4. The summed E-state index contributed by atoms with van der Waals surface area (Å²) in [5, 5.41) is 28.2. The summed E-state index contributed by atoms with van der Waals surface area (Å²) in [7, 11) is 0. The molecule has 1 aromatic heterocycles. The molecule has 6 nitrogen and oxygen atoms in total. The second kappa shape index (κ2) is 10.2. The fourth-order valence-corrected chi connectivity index (χ4v) is 8.13. The highest BCUT2D eigenvalue weighted by Crippen LogP contribution is 2.62. The summed E-state index contributed by atoms with van der Waals surface area (Å²) >= 11 is 0. The minimum Gasteiger partial charge on any atom is -0.508 e. The van der Waals surface area contributed by atoms with Gasteiger partial charge < -0.3 is 10.2 Å². The third kappa shape index (κ3) is 4.63. The molecule has 0 bridgehead atoms. The van der Waals surface area contributed by atoms with Crippen LogP contribution in [0.5, 0.6) is 11.5 Å². The van der Waals surface area contributed by atoms with E-state index >= 15 is 0 Å². The predicted molar refractivity (Wildman–Crippen MR) is 147 cm³/mol. The molecule has 6 rings (SSSR count). The van der Waals surface area contributed by atoms with E-state index in [-0.39, 0.29) is 11.2 Å². The number of carbonyl (C=O) groups excluding carboxylic acids is 1. The van der Waals surface area contributed by atoms with Crippen LogP contribution in [0.4, 0.5) is 0 Å². The van der Waals surface area contributed by atoms with Crippen LogP contribution < -0.4 is 0 Å². The lowest BCUT2D eigenvalue weighted by Crippen LogP contribution is -2.44. The molecule has 0 amide bonds. The second-order valence-electron chi connectivity index (χ2n) is 12.2. The lowest BCUT2D eigenvalue weighted by atomic mass is 9.54. The molecule has 0 radical (unpaired) electrons. The summed E-state index contributed by atoms with van der Waals surface area (Å²) in [5.74, 6) is 3.27. The van der Waals surface area contributed by atoms with Crippen LogP contribution in [0.15, 0.2) is 48.7 Å². The van der Waals surface area contributed by atoms with Crippen molar-refractivity contribution in [3.05, 3.63) is 59.8 Å². The number of Topliss-reactive ketones (excluding diaryl/α,β-unsaturated/α-hetero) is 1. The lowest BCUT2D eigenvalue weighted by Gasteiger charge is -2.50. The number of ketones is 1. The number of rotatable bonds is 8. The summed E-state index contributed by atoms with van der Waals surface area (Å²) in [6.45, 7) is 3.11. The van der Waals surface area contributed by atoms with E-state index in [0.29, 0.717) is 35.2 Å². The average Bonchev–Trinajstić information content (AvgIpc) is 3.48. The van der Waals surface area contributed by atoms with E-state index in [9.17, 15) is 15.0 Å². The number of phenolic OH excluding ortho intramolecular Hbond substituents is 2. The fourth-order valence-electron chi connectivity index (χ4n) is 8.13. The predicted octanol–water partition coefficient (Wildman–Crippen LogP) is 6.66. The Balaban J connectivity index is 1.02. The van der Waals surface area contributed by atoms with Gasteiger partial charge in [-0.25, -0.2) is 0 Å². The number of benzene rings is 2. The molecule has 5 atom stereocenters.